The number of guanidine groups is 1. The van der Waals surface area contributed by atoms with Gasteiger partial charge in [0.05, 0.1) is 17.8 Å². The number of H-pyrrole nitrogens is 1. The summed E-state index contributed by atoms with van der Waals surface area (Å²) >= 11 is 0. The van der Waals surface area contributed by atoms with Gasteiger partial charge in [0.25, 0.3) is 0 Å². The van der Waals surface area contributed by atoms with Crippen LogP contribution in [0.1, 0.15) is 18.5 Å². The smallest absolute Gasteiger partial charge is 0.235 e. The number of rotatable bonds is 4. The van der Waals surface area contributed by atoms with Crippen LogP contribution >= 0.6 is 0 Å². The highest BCUT2D eigenvalue weighted by Gasteiger charge is 2.35. The summed E-state index contributed by atoms with van der Waals surface area (Å²) in [5, 5.41) is 14.0. The van der Waals surface area contributed by atoms with E-state index in [2.05, 4.69) is 25.8 Å². The van der Waals surface area contributed by atoms with Crippen molar-refractivity contribution in [2.24, 2.45) is 15.9 Å². The maximum Gasteiger partial charge on any atom is 0.235 e. The first-order chi connectivity index (χ1) is 16.1. The van der Waals surface area contributed by atoms with Crippen LogP contribution in [0.15, 0.2) is 89.0 Å². The molecule has 1 aliphatic heterocycles. The summed E-state index contributed by atoms with van der Waals surface area (Å²) in [5.74, 6) is -0.842. The zero-order chi connectivity index (χ0) is 22.8. The molecule has 0 bridgehead atoms. The van der Waals surface area contributed by atoms with Gasteiger partial charge in [0.15, 0.2) is 0 Å². The third-order valence-electron chi connectivity index (χ3n) is 5.54. The largest absolute Gasteiger partial charge is 0.325 e. The van der Waals surface area contributed by atoms with Crippen molar-refractivity contribution >= 4 is 39.9 Å². The highest BCUT2D eigenvalue weighted by atomic mass is 19.1. The SMILES string of the molecule is CC1=NC(Nc2ccccc2)=NC(c2ccc(F)cc2)C1C(=O)Nc1ccc2[nH]ncc2c1. The molecule has 0 saturated heterocycles. The van der Waals surface area contributed by atoms with Crippen LogP contribution in [0, 0.1) is 11.7 Å². The van der Waals surface area contributed by atoms with Gasteiger partial charge >= 0.3 is 0 Å². The van der Waals surface area contributed by atoms with Gasteiger partial charge in [-0.05, 0) is 55.0 Å². The molecule has 0 saturated carbocycles. The van der Waals surface area contributed by atoms with E-state index in [-0.39, 0.29) is 11.7 Å². The van der Waals surface area contributed by atoms with E-state index in [1.165, 1.54) is 12.1 Å². The predicted octanol–water partition coefficient (Wildman–Crippen LogP) is 4.94. The fourth-order valence-corrected chi connectivity index (χ4v) is 3.91. The minimum atomic E-state index is -0.656. The van der Waals surface area contributed by atoms with Crippen LogP contribution in [0.5, 0.6) is 0 Å². The molecule has 0 spiro atoms. The molecule has 2 unspecified atom stereocenters. The van der Waals surface area contributed by atoms with Gasteiger partial charge in [0, 0.05) is 22.5 Å². The van der Waals surface area contributed by atoms with Crippen LogP contribution in [-0.2, 0) is 4.79 Å². The number of anilines is 2. The Bertz CT molecular complexity index is 1360. The zero-order valence-electron chi connectivity index (χ0n) is 17.8. The Hall–Kier alpha value is -4.33. The Morgan fingerprint density at radius 2 is 1.79 bits per heavy atom. The number of hydrogen-bond acceptors (Lipinski definition) is 5. The second-order valence-corrected chi connectivity index (χ2v) is 7.83. The number of para-hydroxylation sites is 1. The van der Waals surface area contributed by atoms with Gasteiger partial charge in [-0.25, -0.2) is 14.4 Å². The summed E-state index contributed by atoms with van der Waals surface area (Å²) in [5.41, 5.74) is 3.70. The number of aromatic nitrogens is 2. The Morgan fingerprint density at radius 3 is 2.58 bits per heavy atom. The molecular weight excluding hydrogens is 419 g/mol. The predicted molar refractivity (Wildman–Crippen MR) is 128 cm³/mol. The monoisotopic (exact) mass is 440 g/mol. The number of fused-ring (bicyclic) bond motifs is 1. The summed E-state index contributed by atoms with van der Waals surface area (Å²) in [6, 6.07) is 20.6. The standard InChI is InChI=1S/C25H21FN6O/c1-15-22(24(33)29-20-11-12-21-17(13-20)14-27-32-21)23(16-7-9-18(26)10-8-16)31-25(28-15)30-19-5-3-2-4-6-19/h2-14,22-23H,1H3,(H,27,32)(H,29,33)(H,30,31). The normalized spacial score (nSPS) is 17.9. The second kappa shape index (κ2) is 8.66. The van der Waals surface area contributed by atoms with Crippen LogP contribution in [0.2, 0.25) is 0 Å². The quantitative estimate of drug-likeness (QED) is 0.419. The summed E-state index contributed by atoms with van der Waals surface area (Å²) < 4.78 is 13.6. The van der Waals surface area contributed by atoms with E-state index in [1.807, 2.05) is 48.5 Å². The van der Waals surface area contributed by atoms with Crippen molar-refractivity contribution in [3.8, 4) is 0 Å². The van der Waals surface area contributed by atoms with E-state index < -0.39 is 12.0 Å². The van der Waals surface area contributed by atoms with Crippen molar-refractivity contribution in [1.29, 1.82) is 0 Å². The molecule has 1 aliphatic rings. The maximum absolute atomic E-state index is 13.6. The van der Waals surface area contributed by atoms with Crippen molar-refractivity contribution in [3.05, 3.63) is 90.4 Å². The molecule has 2 heterocycles. The lowest BCUT2D eigenvalue weighted by molar-refractivity contribution is -0.118. The highest BCUT2D eigenvalue weighted by Crippen LogP contribution is 2.32. The van der Waals surface area contributed by atoms with Crippen molar-refractivity contribution in [3.63, 3.8) is 0 Å². The van der Waals surface area contributed by atoms with Gasteiger partial charge in [-0.2, -0.15) is 5.10 Å². The van der Waals surface area contributed by atoms with Gasteiger partial charge in [0.1, 0.15) is 11.7 Å². The Kier molecular flexibility index (Phi) is 5.40. The van der Waals surface area contributed by atoms with Gasteiger partial charge in [-0.3, -0.25) is 9.89 Å². The fraction of sp³-hybridized carbons (Fsp3) is 0.120. The number of carbonyl (C=O) groups excluding carboxylic acids is 1. The average molecular weight is 440 g/mol. The Balaban J connectivity index is 1.46. The summed E-state index contributed by atoms with van der Waals surface area (Å²) in [6.45, 7) is 1.81. The maximum atomic E-state index is 13.6. The molecule has 2 atom stereocenters. The molecular formula is C25H21FN6O. The molecule has 1 aromatic heterocycles. The van der Waals surface area contributed by atoms with Gasteiger partial charge in [-0.1, -0.05) is 30.3 Å². The van der Waals surface area contributed by atoms with Crippen molar-refractivity contribution < 1.29 is 9.18 Å². The highest BCUT2D eigenvalue weighted by molar-refractivity contribution is 6.15. The minimum Gasteiger partial charge on any atom is -0.325 e. The number of halogens is 1. The van der Waals surface area contributed by atoms with Crippen LogP contribution in [0.4, 0.5) is 15.8 Å². The molecule has 7 nitrogen and oxygen atoms in total. The summed E-state index contributed by atoms with van der Waals surface area (Å²) in [4.78, 5) is 22.7. The van der Waals surface area contributed by atoms with E-state index in [0.29, 0.717) is 17.4 Å². The van der Waals surface area contributed by atoms with Crippen LogP contribution in [0.3, 0.4) is 0 Å². The Labute approximate surface area is 189 Å². The van der Waals surface area contributed by atoms with Crippen molar-refractivity contribution in [1.82, 2.24) is 10.2 Å². The lowest BCUT2D eigenvalue weighted by Gasteiger charge is -2.28. The number of nitrogens with one attached hydrogen (secondary N) is 3. The second-order valence-electron chi connectivity index (χ2n) is 7.83. The number of hydrogen-bond donors (Lipinski definition) is 3. The molecule has 164 valence electrons. The van der Waals surface area contributed by atoms with Crippen LogP contribution in [-0.4, -0.2) is 27.8 Å². The number of nitrogens with zero attached hydrogens (tertiary/aromatic N) is 3. The molecule has 4 aromatic rings. The first kappa shape index (κ1) is 20.6. The number of amides is 1. The van der Waals surface area contributed by atoms with Gasteiger partial charge < -0.3 is 10.6 Å². The fourth-order valence-electron chi connectivity index (χ4n) is 3.91. The zero-order valence-corrected chi connectivity index (χ0v) is 17.8. The molecule has 3 aromatic carbocycles. The van der Waals surface area contributed by atoms with E-state index in [9.17, 15) is 9.18 Å². The third kappa shape index (κ3) is 4.36. The van der Waals surface area contributed by atoms with E-state index >= 15 is 0 Å². The molecule has 33 heavy (non-hydrogen) atoms. The summed E-state index contributed by atoms with van der Waals surface area (Å²) in [6.07, 6.45) is 1.70. The third-order valence-corrected chi connectivity index (χ3v) is 5.54. The van der Waals surface area contributed by atoms with E-state index in [0.717, 1.165) is 22.2 Å². The van der Waals surface area contributed by atoms with E-state index in [4.69, 9.17) is 4.99 Å². The first-order valence-electron chi connectivity index (χ1n) is 10.5. The van der Waals surface area contributed by atoms with E-state index in [1.54, 1.807) is 25.3 Å². The number of aliphatic imine (C=N–C) groups is 2. The molecule has 8 heteroatoms. The number of benzene rings is 3. The van der Waals surface area contributed by atoms with Crippen molar-refractivity contribution in [2.45, 2.75) is 13.0 Å². The van der Waals surface area contributed by atoms with Crippen molar-refractivity contribution in [2.75, 3.05) is 10.6 Å². The molecule has 1 amide bonds. The number of aromatic amines is 1. The number of carbonyl (C=O) groups is 1. The lowest BCUT2D eigenvalue weighted by atomic mass is 9.88. The average Bonchev–Trinajstić information content (AvgIpc) is 3.28. The van der Waals surface area contributed by atoms with Gasteiger partial charge in [-0.15, -0.1) is 0 Å². The molecule has 0 fully saturated rings. The van der Waals surface area contributed by atoms with Crippen LogP contribution < -0.4 is 10.6 Å². The first-order valence-corrected chi connectivity index (χ1v) is 10.5. The molecule has 0 aliphatic carbocycles. The Morgan fingerprint density at radius 1 is 1.00 bits per heavy atom. The molecule has 5 rings (SSSR count). The summed E-state index contributed by atoms with van der Waals surface area (Å²) in [7, 11) is 0. The molecule has 0 radical (unpaired) electrons. The van der Waals surface area contributed by atoms with Crippen LogP contribution in [0.25, 0.3) is 10.9 Å². The lowest BCUT2D eigenvalue weighted by Crippen LogP contribution is -2.37. The van der Waals surface area contributed by atoms with Gasteiger partial charge in [0.2, 0.25) is 11.9 Å². The molecule has 3 N–H and O–H groups in total. The minimum absolute atomic E-state index is 0.240. The topological polar surface area (TPSA) is 94.5 Å².